The fourth-order valence-corrected chi connectivity index (χ4v) is 3.17. The van der Waals surface area contributed by atoms with Crippen LogP contribution in [-0.2, 0) is 11.3 Å². The number of hydrogen-bond acceptors (Lipinski definition) is 2. The molecule has 1 N–H and O–H groups in total. The number of rotatable bonds is 7. The normalized spacial score (nSPS) is 14.8. The van der Waals surface area contributed by atoms with E-state index in [2.05, 4.69) is 5.32 Å². The summed E-state index contributed by atoms with van der Waals surface area (Å²) in [7, 11) is 1.63. The second-order valence-electron chi connectivity index (χ2n) is 6.78. The van der Waals surface area contributed by atoms with Crippen molar-refractivity contribution in [2.24, 2.45) is 5.92 Å². The van der Waals surface area contributed by atoms with Crippen LogP contribution in [0.2, 0.25) is 0 Å². The molecule has 1 fully saturated rings. The van der Waals surface area contributed by atoms with Crippen molar-refractivity contribution in [3.05, 3.63) is 65.0 Å². The van der Waals surface area contributed by atoms with E-state index < -0.39 is 0 Å². The number of hydrogen-bond donors (Lipinski definition) is 1. The lowest BCUT2D eigenvalue weighted by Crippen LogP contribution is -2.25. The molecule has 2 aromatic rings. The van der Waals surface area contributed by atoms with Crippen LogP contribution in [0.3, 0.4) is 0 Å². The average Bonchev–Trinajstić information content (AvgIpc) is 3.46. The Labute approximate surface area is 148 Å². The Hall–Kier alpha value is -2.36. The highest BCUT2D eigenvalue weighted by molar-refractivity contribution is 5.77. The van der Waals surface area contributed by atoms with E-state index >= 15 is 0 Å². The summed E-state index contributed by atoms with van der Waals surface area (Å²) in [5.41, 5.74) is 2.75. The molecule has 0 aromatic heterocycles. The minimum atomic E-state index is -0.192. The van der Waals surface area contributed by atoms with E-state index in [0.29, 0.717) is 24.4 Å². The van der Waals surface area contributed by atoms with Gasteiger partial charge >= 0.3 is 0 Å². The fraction of sp³-hybridized carbons (Fsp3) is 0.381. The van der Waals surface area contributed by atoms with Crippen LogP contribution in [0, 0.1) is 18.7 Å². The number of halogens is 1. The van der Waals surface area contributed by atoms with Crippen LogP contribution in [0.1, 0.15) is 41.9 Å². The average molecular weight is 341 g/mol. The molecule has 4 heteroatoms. The summed E-state index contributed by atoms with van der Waals surface area (Å²) in [5, 5.41) is 2.99. The lowest BCUT2D eigenvalue weighted by molar-refractivity contribution is -0.121. The zero-order valence-corrected chi connectivity index (χ0v) is 14.7. The molecule has 2 aromatic carbocycles. The van der Waals surface area contributed by atoms with Crippen molar-refractivity contribution in [3.63, 3.8) is 0 Å². The lowest BCUT2D eigenvalue weighted by atomic mass is 9.89. The van der Waals surface area contributed by atoms with Crippen molar-refractivity contribution in [2.45, 2.75) is 38.6 Å². The summed E-state index contributed by atoms with van der Waals surface area (Å²) in [5.74, 6) is 1.36. The maximum absolute atomic E-state index is 13.5. The summed E-state index contributed by atoms with van der Waals surface area (Å²) in [6.45, 7) is 2.27. The molecule has 1 atom stereocenters. The van der Waals surface area contributed by atoms with Crippen molar-refractivity contribution in [2.75, 3.05) is 7.11 Å². The number of carbonyl (C=O) groups is 1. The number of aryl methyl sites for hydroxylation is 1. The van der Waals surface area contributed by atoms with E-state index in [1.807, 2.05) is 36.4 Å². The molecule has 1 amide bonds. The third-order valence-electron chi connectivity index (χ3n) is 4.86. The van der Waals surface area contributed by atoms with Crippen molar-refractivity contribution in [3.8, 4) is 5.75 Å². The molecule has 1 aliphatic carbocycles. The summed E-state index contributed by atoms with van der Waals surface area (Å²) in [4.78, 5) is 12.4. The van der Waals surface area contributed by atoms with Gasteiger partial charge in [-0.2, -0.15) is 0 Å². The third-order valence-corrected chi connectivity index (χ3v) is 4.86. The second kappa shape index (κ2) is 7.68. The van der Waals surface area contributed by atoms with Gasteiger partial charge in [0, 0.05) is 13.0 Å². The Balaban J connectivity index is 1.59. The molecule has 1 unspecified atom stereocenters. The van der Waals surface area contributed by atoms with Gasteiger partial charge in [0.2, 0.25) is 5.91 Å². The molecular weight excluding hydrogens is 317 g/mol. The molecule has 3 rings (SSSR count). The van der Waals surface area contributed by atoms with Crippen molar-refractivity contribution >= 4 is 5.91 Å². The number of nitrogens with one attached hydrogen (secondary N) is 1. The minimum absolute atomic E-state index is 0.0368. The van der Waals surface area contributed by atoms with Crippen LogP contribution < -0.4 is 10.1 Å². The SMILES string of the molecule is COc1ccc(CNC(=O)CC(c2ccc(F)c(C)c2)C2CC2)cc1. The van der Waals surface area contributed by atoms with Crippen LogP contribution in [0.25, 0.3) is 0 Å². The number of methoxy groups -OCH3 is 1. The van der Waals surface area contributed by atoms with E-state index in [0.717, 1.165) is 29.7 Å². The predicted octanol–water partition coefficient (Wildman–Crippen LogP) is 4.34. The van der Waals surface area contributed by atoms with E-state index in [1.165, 1.54) is 6.07 Å². The van der Waals surface area contributed by atoms with Gasteiger partial charge in [0.15, 0.2) is 0 Å². The van der Waals surface area contributed by atoms with Gasteiger partial charge in [0.1, 0.15) is 11.6 Å². The van der Waals surface area contributed by atoms with E-state index in [1.54, 1.807) is 14.0 Å². The minimum Gasteiger partial charge on any atom is -0.497 e. The Bertz CT molecular complexity index is 738. The number of benzene rings is 2. The third kappa shape index (κ3) is 4.59. The summed E-state index contributed by atoms with van der Waals surface area (Å²) < 4.78 is 18.6. The van der Waals surface area contributed by atoms with Crippen LogP contribution in [0.4, 0.5) is 4.39 Å². The first-order chi connectivity index (χ1) is 12.1. The molecule has 0 spiro atoms. The van der Waals surface area contributed by atoms with E-state index in [-0.39, 0.29) is 17.6 Å². The van der Waals surface area contributed by atoms with Crippen LogP contribution in [0.15, 0.2) is 42.5 Å². The highest BCUT2D eigenvalue weighted by Gasteiger charge is 2.33. The highest BCUT2D eigenvalue weighted by atomic mass is 19.1. The molecule has 0 bridgehead atoms. The predicted molar refractivity (Wildman–Crippen MR) is 96.1 cm³/mol. The van der Waals surface area contributed by atoms with E-state index in [9.17, 15) is 9.18 Å². The molecule has 25 heavy (non-hydrogen) atoms. The van der Waals surface area contributed by atoms with Gasteiger partial charge in [-0.05, 0) is 66.5 Å². The fourth-order valence-electron chi connectivity index (χ4n) is 3.17. The van der Waals surface area contributed by atoms with E-state index in [4.69, 9.17) is 4.74 Å². The molecule has 3 nitrogen and oxygen atoms in total. The lowest BCUT2D eigenvalue weighted by Gasteiger charge is -2.17. The molecule has 1 saturated carbocycles. The Kier molecular flexibility index (Phi) is 5.37. The van der Waals surface area contributed by atoms with Crippen molar-refractivity contribution < 1.29 is 13.9 Å². The van der Waals surface area contributed by atoms with Gasteiger partial charge < -0.3 is 10.1 Å². The Morgan fingerprint density at radius 3 is 2.56 bits per heavy atom. The number of ether oxygens (including phenoxy) is 1. The molecular formula is C21H24FNO2. The molecule has 1 aliphatic rings. The van der Waals surface area contributed by atoms with Crippen LogP contribution >= 0.6 is 0 Å². The smallest absolute Gasteiger partial charge is 0.220 e. The van der Waals surface area contributed by atoms with Gasteiger partial charge in [-0.25, -0.2) is 4.39 Å². The highest BCUT2D eigenvalue weighted by Crippen LogP contribution is 2.44. The van der Waals surface area contributed by atoms with Crippen LogP contribution in [-0.4, -0.2) is 13.0 Å². The van der Waals surface area contributed by atoms with Gasteiger partial charge in [-0.15, -0.1) is 0 Å². The topological polar surface area (TPSA) is 38.3 Å². The molecule has 0 aliphatic heterocycles. The quantitative estimate of drug-likeness (QED) is 0.813. The molecule has 132 valence electrons. The van der Waals surface area contributed by atoms with Gasteiger partial charge in [0.25, 0.3) is 0 Å². The largest absolute Gasteiger partial charge is 0.497 e. The van der Waals surface area contributed by atoms with Gasteiger partial charge in [-0.1, -0.05) is 24.3 Å². The van der Waals surface area contributed by atoms with Crippen molar-refractivity contribution in [1.29, 1.82) is 0 Å². The Morgan fingerprint density at radius 1 is 1.24 bits per heavy atom. The van der Waals surface area contributed by atoms with Gasteiger partial charge in [0.05, 0.1) is 7.11 Å². The maximum Gasteiger partial charge on any atom is 0.220 e. The first kappa shape index (κ1) is 17.5. The Morgan fingerprint density at radius 2 is 1.96 bits per heavy atom. The maximum atomic E-state index is 13.5. The molecule has 0 heterocycles. The zero-order valence-electron chi connectivity index (χ0n) is 14.7. The number of amides is 1. The molecule has 0 saturated heterocycles. The number of carbonyl (C=O) groups excluding carboxylic acids is 1. The molecule has 0 radical (unpaired) electrons. The van der Waals surface area contributed by atoms with Crippen molar-refractivity contribution in [1.82, 2.24) is 5.32 Å². The standard InChI is InChI=1S/C21H24FNO2/c1-14-11-17(7-10-20(14)22)19(16-5-6-16)12-21(24)23-13-15-3-8-18(25-2)9-4-15/h3-4,7-11,16,19H,5-6,12-13H2,1-2H3,(H,23,24). The zero-order chi connectivity index (χ0) is 17.8. The first-order valence-corrected chi connectivity index (χ1v) is 8.72. The summed E-state index contributed by atoms with van der Waals surface area (Å²) >= 11 is 0. The first-order valence-electron chi connectivity index (χ1n) is 8.72. The van der Waals surface area contributed by atoms with Gasteiger partial charge in [-0.3, -0.25) is 4.79 Å². The summed E-state index contributed by atoms with van der Waals surface area (Å²) in [6, 6.07) is 12.9. The monoisotopic (exact) mass is 341 g/mol. The van der Waals surface area contributed by atoms with Crippen LogP contribution in [0.5, 0.6) is 5.75 Å². The summed E-state index contributed by atoms with van der Waals surface area (Å²) in [6.07, 6.45) is 2.74. The second-order valence-corrected chi connectivity index (χ2v) is 6.78.